The van der Waals surface area contributed by atoms with Crippen LogP contribution in [0, 0.1) is 0 Å². The van der Waals surface area contributed by atoms with Gasteiger partial charge in [0, 0.05) is 18.1 Å². The minimum atomic E-state index is -0.187. The molecule has 2 rings (SSSR count). The Balaban J connectivity index is 2.40. The van der Waals surface area contributed by atoms with Gasteiger partial charge in [0.15, 0.2) is 0 Å². The van der Waals surface area contributed by atoms with Crippen molar-refractivity contribution in [3.05, 3.63) is 42.1 Å². The molecule has 0 saturated heterocycles. The smallest absolute Gasteiger partial charge is 0.252 e. The number of aromatic nitrogens is 1. The Labute approximate surface area is 92.9 Å². The lowest BCUT2D eigenvalue weighted by atomic mass is 10.1. The Bertz CT molecular complexity index is 506. The van der Waals surface area contributed by atoms with Crippen molar-refractivity contribution in [2.45, 2.75) is 0 Å². The second-order valence-corrected chi connectivity index (χ2v) is 3.36. The predicted molar refractivity (Wildman–Crippen MR) is 61.2 cm³/mol. The molecule has 2 N–H and O–H groups in total. The molecular formula is C12H12N2O2. The van der Waals surface area contributed by atoms with E-state index < -0.39 is 0 Å². The van der Waals surface area contributed by atoms with Crippen LogP contribution < -0.4 is 5.32 Å². The Morgan fingerprint density at radius 3 is 2.94 bits per heavy atom. The van der Waals surface area contributed by atoms with Crippen molar-refractivity contribution >= 4 is 16.8 Å². The molecule has 0 fully saturated rings. The lowest BCUT2D eigenvalue weighted by Crippen LogP contribution is -2.26. The number of para-hydroxylation sites is 1. The molecule has 0 spiro atoms. The molecule has 4 nitrogen and oxygen atoms in total. The van der Waals surface area contributed by atoms with Gasteiger partial charge < -0.3 is 10.4 Å². The highest BCUT2D eigenvalue weighted by atomic mass is 16.3. The average molecular weight is 216 g/mol. The standard InChI is InChI=1S/C12H12N2O2/c15-8-7-14-12(16)10-5-6-13-11-4-2-1-3-9(10)11/h1-6,15H,7-8H2,(H,14,16). The molecule has 0 aliphatic heterocycles. The van der Waals surface area contributed by atoms with Gasteiger partial charge in [0.05, 0.1) is 17.7 Å². The molecule has 1 heterocycles. The zero-order valence-corrected chi connectivity index (χ0v) is 8.68. The molecule has 0 saturated carbocycles. The van der Waals surface area contributed by atoms with Crippen molar-refractivity contribution in [3.63, 3.8) is 0 Å². The first-order chi connectivity index (χ1) is 7.83. The number of hydrogen-bond donors (Lipinski definition) is 2. The van der Waals surface area contributed by atoms with E-state index in [2.05, 4.69) is 10.3 Å². The van der Waals surface area contributed by atoms with Gasteiger partial charge in [0.2, 0.25) is 0 Å². The van der Waals surface area contributed by atoms with E-state index in [-0.39, 0.29) is 19.1 Å². The van der Waals surface area contributed by atoms with Crippen molar-refractivity contribution in [1.82, 2.24) is 10.3 Å². The second-order valence-electron chi connectivity index (χ2n) is 3.36. The van der Waals surface area contributed by atoms with Gasteiger partial charge in [-0.25, -0.2) is 0 Å². The SMILES string of the molecule is O=C(NCCO)c1ccnc2ccccc12. The lowest BCUT2D eigenvalue weighted by molar-refractivity contribution is 0.0946. The number of fused-ring (bicyclic) bond motifs is 1. The number of pyridine rings is 1. The summed E-state index contributed by atoms with van der Waals surface area (Å²) in [6.45, 7) is 0.199. The Morgan fingerprint density at radius 2 is 2.12 bits per heavy atom. The fourth-order valence-corrected chi connectivity index (χ4v) is 1.56. The third kappa shape index (κ3) is 2.01. The number of nitrogens with zero attached hydrogens (tertiary/aromatic N) is 1. The fraction of sp³-hybridized carbons (Fsp3) is 0.167. The molecule has 1 amide bonds. The van der Waals surface area contributed by atoms with Gasteiger partial charge >= 0.3 is 0 Å². The molecule has 2 aromatic rings. The Morgan fingerprint density at radius 1 is 1.31 bits per heavy atom. The molecule has 82 valence electrons. The van der Waals surface area contributed by atoms with Crippen molar-refractivity contribution in [2.24, 2.45) is 0 Å². The molecule has 1 aromatic carbocycles. The lowest BCUT2D eigenvalue weighted by Gasteiger charge is -2.05. The quantitative estimate of drug-likeness (QED) is 0.803. The molecular weight excluding hydrogens is 204 g/mol. The van der Waals surface area contributed by atoms with Gasteiger partial charge in [-0.3, -0.25) is 9.78 Å². The summed E-state index contributed by atoms with van der Waals surface area (Å²) in [5, 5.41) is 12.1. The van der Waals surface area contributed by atoms with Crippen LogP contribution in [0.2, 0.25) is 0 Å². The maximum absolute atomic E-state index is 11.8. The van der Waals surface area contributed by atoms with Crippen LogP contribution in [0.5, 0.6) is 0 Å². The molecule has 0 atom stereocenters. The van der Waals surface area contributed by atoms with E-state index >= 15 is 0 Å². The summed E-state index contributed by atoms with van der Waals surface area (Å²) in [7, 11) is 0. The number of amides is 1. The Kier molecular flexibility index (Phi) is 3.12. The first-order valence-electron chi connectivity index (χ1n) is 5.06. The van der Waals surface area contributed by atoms with E-state index in [9.17, 15) is 4.79 Å². The van der Waals surface area contributed by atoms with Crippen LogP contribution in [-0.2, 0) is 0 Å². The van der Waals surface area contributed by atoms with Gasteiger partial charge in [-0.05, 0) is 12.1 Å². The third-order valence-corrected chi connectivity index (χ3v) is 2.29. The topological polar surface area (TPSA) is 62.2 Å². The maximum atomic E-state index is 11.8. The van der Waals surface area contributed by atoms with Crippen molar-refractivity contribution < 1.29 is 9.90 Å². The van der Waals surface area contributed by atoms with E-state index in [0.717, 1.165) is 10.9 Å². The first-order valence-corrected chi connectivity index (χ1v) is 5.06. The summed E-state index contributed by atoms with van der Waals surface area (Å²) in [6.07, 6.45) is 1.61. The van der Waals surface area contributed by atoms with Crippen LogP contribution in [0.4, 0.5) is 0 Å². The van der Waals surface area contributed by atoms with Crippen LogP contribution in [0.3, 0.4) is 0 Å². The monoisotopic (exact) mass is 216 g/mol. The second kappa shape index (κ2) is 4.72. The van der Waals surface area contributed by atoms with E-state index in [1.165, 1.54) is 0 Å². The molecule has 4 heteroatoms. The average Bonchev–Trinajstić information content (AvgIpc) is 2.35. The predicted octanol–water partition coefficient (Wildman–Crippen LogP) is 0.957. The number of hydrogen-bond acceptors (Lipinski definition) is 3. The summed E-state index contributed by atoms with van der Waals surface area (Å²) < 4.78 is 0. The zero-order valence-electron chi connectivity index (χ0n) is 8.68. The number of benzene rings is 1. The van der Waals surface area contributed by atoms with E-state index in [1.54, 1.807) is 12.3 Å². The normalized spacial score (nSPS) is 10.3. The molecule has 16 heavy (non-hydrogen) atoms. The van der Waals surface area contributed by atoms with Gasteiger partial charge in [-0.2, -0.15) is 0 Å². The highest BCUT2D eigenvalue weighted by molar-refractivity contribution is 6.05. The van der Waals surface area contributed by atoms with Crippen LogP contribution >= 0.6 is 0 Å². The van der Waals surface area contributed by atoms with Gasteiger partial charge in [0.1, 0.15) is 0 Å². The molecule has 1 aromatic heterocycles. The van der Waals surface area contributed by atoms with Crippen LogP contribution in [-0.4, -0.2) is 29.1 Å². The summed E-state index contributed by atoms with van der Waals surface area (Å²) >= 11 is 0. The van der Waals surface area contributed by atoms with Gasteiger partial charge in [-0.15, -0.1) is 0 Å². The number of aliphatic hydroxyl groups excluding tert-OH is 1. The van der Waals surface area contributed by atoms with Crippen LogP contribution in [0.1, 0.15) is 10.4 Å². The summed E-state index contributed by atoms with van der Waals surface area (Å²) in [5.41, 5.74) is 1.37. The summed E-state index contributed by atoms with van der Waals surface area (Å²) in [4.78, 5) is 15.9. The molecule has 0 aliphatic carbocycles. The van der Waals surface area contributed by atoms with Gasteiger partial charge in [0.25, 0.3) is 5.91 Å². The molecule has 0 aliphatic rings. The number of carbonyl (C=O) groups is 1. The number of aliphatic hydroxyl groups is 1. The molecule has 0 unspecified atom stereocenters. The summed E-state index contributed by atoms with van der Waals surface area (Å²) in [5.74, 6) is -0.187. The van der Waals surface area contributed by atoms with E-state index in [1.807, 2.05) is 24.3 Å². The molecule has 0 bridgehead atoms. The van der Waals surface area contributed by atoms with Crippen molar-refractivity contribution in [1.29, 1.82) is 0 Å². The van der Waals surface area contributed by atoms with Crippen molar-refractivity contribution in [3.8, 4) is 0 Å². The highest BCUT2D eigenvalue weighted by Crippen LogP contribution is 2.15. The minimum Gasteiger partial charge on any atom is -0.395 e. The zero-order chi connectivity index (χ0) is 11.4. The Hall–Kier alpha value is -1.94. The number of nitrogens with one attached hydrogen (secondary N) is 1. The molecule has 0 radical (unpaired) electrons. The van der Waals surface area contributed by atoms with E-state index in [0.29, 0.717) is 5.56 Å². The van der Waals surface area contributed by atoms with E-state index in [4.69, 9.17) is 5.11 Å². The summed E-state index contributed by atoms with van der Waals surface area (Å²) in [6, 6.07) is 9.14. The first kappa shape index (κ1) is 10.6. The fourth-order valence-electron chi connectivity index (χ4n) is 1.56. The highest BCUT2D eigenvalue weighted by Gasteiger charge is 2.08. The van der Waals surface area contributed by atoms with Crippen LogP contribution in [0.25, 0.3) is 10.9 Å². The van der Waals surface area contributed by atoms with Crippen molar-refractivity contribution in [2.75, 3.05) is 13.2 Å². The number of carbonyl (C=O) groups excluding carboxylic acids is 1. The van der Waals surface area contributed by atoms with Gasteiger partial charge in [-0.1, -0.05) is 18.2 Å². The largest absolute Gasteiger partial charge is 0.395 e. The third-order valence-electron chi connectivity index (χ3n) is 2.29. The minimum absolute atomic E-state index is 0.0608. The maximum Gasteiger partial charge on any atom is 0.252 e. The van der Waals surface area contributed by atoms with Crippen LogP contribution in [0.15, 0.2) is 36.5 Å². The number of rotatable bonds is 3.